The van der Waals surface area contributed by atoms with Crippen LogP contribution in [0.3, 0.4) is 0 Å². The van der Waals surface area contributed by atoms with Gasteiger partial charge in [-0.2, -0.15) is 28.5 Å². The Hall–Kier alpha value is -2.83. The van der Waals surface area contributed by atoms with Crippen LogP contribution in [-0.4, -0.2) is 26.8 Å². The number of anilines is 3. The van der Waals surface area contributed by atoms with Crippen molar-refractivity contribution < 1.29 is 13.2 Å². The molecule has 2 aromatic heterocycles. The molecule has 0 saturated heterocycles. The van der Waals surface area contributed by atoms with E-state index in [1.54, 1.807) is 20.8 Å². The third kappa shape index (κ3) is 3.24. The molecule has 0 aliphatic rings. The summed E-state index contributed by atoms with van der Waals surface area (Å²) in [4.78, 5) is 7.53. The minimum atomic E-state index is -4.55. The molecule has 0 bridgehead atoms. The van der Waals surface area contributed by atoms with Gasteiger partial charge in [-0.1, -0.05) is 0 Å². The van der Waals surface area contributed by atoms with Crippen molar-refractivity contribution in [1.29, 1.82) is 5.26 Å². The highest BCUT2D eigenvalue weighted by Gasteiger charge is 2.35. The Kier molecular flexibility index (Phi) is 4.38. The molecule has 24 heavy (non-hydrogen) atoms. The highest BCUT2D eigenvalue weighted by atomic mass is 19.4. The van der Waals surface area contributed by atoms with E-state index in [2.05, 4.69) is 31.8 Å². The molecule has 10 heteroatoms. The number of rotatable bonds is 4. The Morgan fingerprint density at radius 2 is 1.92 bits per heavy atom. The topological polar surface area (TPSA) is 91.5 Å². The summed E-state index contributed by atoms with van der Waals surface area (Å²) in [5, 5.41) is 18.5. The van der Waals surface area contributed by atoms with Crippen molar-refractivity contribution >= 4 is 17.5 Å². The summed E-state index contributed by atoms with van der Waals surface area (Å²) >= 11 is 0. The van der Waals surface area contributed by atoms with Crippen molar-refractivity contribution in [2.24, 2.45) is 0 Å². The maximum atomic E-state index is 12.8. The van der Waals surface area contributed by atoms with Gasteiger partial charge in [0.25, 0.3) is 0 Å². The molecule has 128 valence electrons. The standard InChI is InChI=1S/C14H16F3N7/c1-8-10(6-21-24(8)13(2,3)7-18)22-12-20-5-9(14(15,16)17)11(19-4)23-12/h5-6H,1-4H3,(H2,19,20,22,23). The molecule has 0 fully saturated rings. The van der Waals surface area contributed by atoms with Gasteiger partial charge in [0.1, 0.15) is 16.9 Å². The lowest BCUT2D eigenvalue weighted by Gasteiger charge is -2.18. The van der Waals surface area contributed by atoms with Gasteiger partial charge in [0, 0.05) is 13.2 Å². The van der Waals surface area contributed by atoms with E-state index in [1.165, 1.54) is 17.9 Å². The second kappa shape index (κ2) is 5.99. The number of nitrogens with one attached hydrogen (secondary N) is 2. The second-order valence-corrected chi connectivity index (χ2v) is 5.55. The zero-order valence-corrected chi connectivity index (χ0v) is 13.5. The number of alkyl halides is 3. The largest absolute Gasteiger partial charge is 0.421 e. The Balaban J connectivity index is 2.35. The van der Waals surface area contributed by atoms with Gasteiger partial charge in [0.05, 0.1) is 23.6 Å². The van der Waals surface area contributed by atoms with Gasteiger partial charge in [-0.3, -0.25) is 0 Å². The van der Waals surface area contributed by atoms with E-state index >= 15 is 0 Å². The molecule has 0 aliphatic carbocycles. The summed E-state index contributed by atoms with van der Waals surface area (Å²) in [6, 6.07) is 2.12. The van der Waals surface area contributed by atoms with E-state index in [9.17, 15) is 18.4 Å². The maximum absolute atomic E-state index is 12.8. The molecular weight excluding hydrogens is 323 g/mol. The second-order valence-electron chi connectivity index (χ2n) is 5.55. The van der Waals surface area contributed by atoms with E-state index in [0.29, 0.717) is 17.6 Å². The summed E-state index contributed by atoms with van der Waals surface area (Å²) in [7, 11) is 1.35. The fraction of sp³-hybridized carbons (Fsp3) is 0.429. The normalized spacial score (nSPS) is 11.9. The molecule has 0 aromatic carbocycles. The van der Waals surface area contributed by atoms with Crippen LogP contribution >= 0.6 is 0 Å². The minimum absolute atomic E-state index is 0.00948. The Bertz CT molecular complexity index is 787. The molecule has 0 radical (unpaired) electrons. The molecule has 0 spiro atoms. The van der Waals surface area contributed by atoms with E-state index in [1.807, 2.05) is 0 Å². The highest BCUT2D eigenvalue weighted by molar-refractivity contribution is 5.58. The molecule has 2 rings (SSSR count). The summed E-state index contributed by atoms with van der Waals surface area (Å²) in [5.74, 6) is -0.341. The zero-order chi connectivity index (χ0) is 18.1. The maximum Gasteiger partial charge on any atom is 0.421 e. The first-order valence-corrected chi connectivity index (χ1v) is 6.95. The van der Waals surface area contributed by atoms with E-state index < -0.39 is 17.3 Å². The Morgan fingerprint density at radius 1 is 1.25 bits per heavy atom. The molecule has 0 aliphatic heterocycles. The van der Waals surface area contributed by atoms with Crippen molar-refractivity contribution in [3.05, 3.63) is 23.7 Å². The van der Waals surface area contributed by atoms with Gasteiger partial charge in [0.2, 0.25) is 5.95 Å². The van der Waals surface area contributed by atoms with Crippen molar-refractivity contribution in [2.75, 3.05) is 17.7 Å². The van der Waals surface area contributed by atoms with Crippen LogP contribution in [-0.2, 0) is 11.7 Å². The van der Waals surface area contributed by atoms with E-state index in [-0.39, 0.29) is 11.8 Å². The number of nitrogens with zero attached hydrogens (tertiary/aromatic N) is 5. The quantitative estimate of drug-likeness (QED) is 0.889. The minimum Gasteiger partial charge on any atom is -0.372 e. The molecule has 2 heterocycles. The number of nitriles is 1. The van der Waals surface area contributed by atoms with Crippen LogP contribution in [0.15, 0.2) is 12.4 Å². The van der Waals surface area contributed by atoms with Gasteiger partial charge in [0.15, 0.2) is 0 Å². The van der Waals surface area contributed by atoms with Crippen molar-refractivity contribution in [2.45, 2.75) is 32.5 Å². The molecule has 0 unspecified atom stereocenters. The SMILES string of the molecule is CNc1nc(Nc2cnn(C(C)(C)C#N)c2C)ncc1C(F)(F)F. The van der Waals surface area contributed by atoms with Crippen molar-refractivity contribution in [1.82, 2.24) is 19.7 Å². The van der Waals surface area contributed by atoms with Gasteiger partial charge in [-0.05, 0) is 20.8 Å². The van der Waals surface area contributed by atoms with Gasteiger partial charge in [-0.15, -0.1) is 0 Å². The Morgan fingerprint density at radius 3 is 2.46 bits per heavy atom. The average Bonchev–Trinajstić information content (AvgIpc) is 2.87. The molecule has 0 saturated carbocycles. The molecule has 0 amide bonds. The Labute approximate surface area is 136 Å². The summed E-state index contributed by atoms with van der Waals surface area (Å²) in [5.41, 5.74) is -0.675. The number of aromatic nitrogens is 4. The number of hydrogen-bond acceptors (Lipinski definition) is 6. The van der Waals surface area contributed by atoms with Crippen LogP contribution in [0, 0.1) is 18.3 Å². The number of hydrogen-bond donors (Lipinski definition) is 2. The third-order valence-corrected chi connectivity index (χ3v) is 3.39. The molecule has 2 N–H and O–H groups in total. The molecular formula is C14H16F3N7. The van der Waals surface area contributed by atoms with Gasteiger partial charge >= 0.3 is 6.18 Å². The van der Waals surface area contributed by atoms with E-state index in [0.717, 1.165) is 0 Å². The highest BCUT2D eigenvalue weighted by Crippen LogP contribution is 2.34. The predicted molar refractivity (Wildman–Crippen MR) is 81.8 cm³/mol. The monoisotopic (exact) mass is 339 g/mol. The van der Waals surface area contributed by atoms with Gasteiger partial charge in [-0.25, -0.2) is 9.67 Å². The predicted octanol–water partition coefficient (Wildman–Crippen LogP) is 3.04. The first-order chi connectivity index (χ1) is 11.1. The zero-order valence-electron chi connectivity index (χ0n) is 13.5. The van der Waals surface area contributed by atoms with Crippen molar-refractivity contribution in [3.63, 3.8) is 0 Å². The first-order valence-electron chi connectivity index (χ1n) is 6.95. The first kappa shape index (κ1) is 17.5. The molecule has 2 aromatic rings. The lowest BCUT2D eigenvalue weighted by molar-refractivity contribution is -0.137. The summed E-state index contributed by atoms with van der Waals surface area (Å²) in [6.07, 6.45) is -2.37. The van der Waals surface area contributed by atoms with Crippen LogP contribution in [0.5, 0.6) is 0 Å². The van der Waals surface area contributed by atoms with Gasteiger partial charge < -0.3 is 10.6 Å². The van der Waals surface area contributed by atoms with Crippen LogP contribution in [0.4, 0.5) is 30.6 Å². The van der Waals surface area contributed by atoms with Crippen molar-refractivity contribution in [3.8, 4) is 6.07 Å². The summed E-state index contributed by atoms with van der Waals surface area (Å²) in [6.45, 7) is 5.13. The smallest absolute Gasteiger partial charge is 0.372 e. The van der Waals surface area contributed by atoms with Crippen LogP contribution in [0.1, 0.15) is 25.1 Å². The molecule has 0 atom stereocenters. The number of halogens is 3. The molecule has 7 nitrogen and oxygen atoms in total. The van der Waals surface area contributed by atoms with Crippen LogP contribution in [0.2, 0.25) is 0 Å². The fourth-order valence-electron chi connectivity index (χ4n) is 2.10. The lowest BCUT2D eigenvalue weighted by Crippen LogP contribution is -2.26. The third-order valence-electron chi connectivity index (χ3n) is 3.39. The lowest BCUT2D eigenvalue weighted by atomic mass is 10.1. The summed E-state index contributed by atoms with van der Waals surface area (Å²) < 4.78 is 40.1. The van der Waals surface area contributed by atoms with Crippen LogP contribution in [0.25, 0.3) is 0 Å². The average molecular weight is 339 g/mol. The van der Waals surface area contributed by atoms with E-state index in [4.69, 9.17) is 0 Å². The fourth-order valence-corrected chi connectivity index (χ4v) is 2.10. The van der Waals surface area contributed by atoms with Crippen LogP contribution < -0.4 is 10.6 Å².